The lowest BCUT2D eigenvalue weighted by Gasteiger charge is -2.10. The van der Waals surface area contributed by atoms with Gasteiger partial charge < -0.3 is 25.0 Å². The molecule has 1 aliphatic rings. The number of aromatic hydroxyl groups is 2. The Morgan fingerprint density at radius 1 is 0.971 bits per heavy atom. The molecule has 3 aromatic carbocycles. The quantitative estimate of drug-likeness (QED) is 0.255. The van der Waals surface area contributed by atoms with Gasteiger partial charge in [-0.15, -0.1) is 0 Å². The second-order valence-electron chi connectivity index (χ2n) is 7.33. The molecule has 0 radical (unpaired) electrons. The lowest BCUT2D eigenvalue weighted by Crippen LogP contribution is -2.33. The average molecular weight is 459 g/mol. The van der Waals surface area contributed by atoms with Crippen LogP contribution in [0.3, 0.4) is 0 Å². The normalized spacial score (nSPS) is 12.9. The van der Waals surface area contributed by atoms with Crippen LogP contribution in [0.4, 0.5) is 0 Å². The van der Waals surface area contributed by atoms with Crippen molar-refractivity contribution < 1.29 is 29.3 Å². The second-order valence-corrected chi connectivity index (χ2v) is 7.33. The number of ether oxygens (including phenoxy) is 2. The van der Waals surface area contributed by atoms with Crippen molar-refractivity contribution in [1.29, 1.82) is 0 Å². The number of benzene rings is 3. The summed E-state index contributed by atoms with van der Waals surface area (Å²) in [4.78, 5) is 25.7. The van der Waals surface area contributed by atoms with Crippen molar-refractivity contribution in [3.8, 4) is 23.0 Å². The molecule has 9 heteroatoms. The van der Waals surface area contributed by atoms with Crippen LogP contribution in [0.1, 0.15) is 28.4 Å². The van der Waals surface area contributed by atoms with Crippen molar-refractivity contribution in [1.82, 2.24) is 10.7 Å². The van der Waals surface area contributed by atoms with Crippen LogP contribution in [0.2, 0.25) is 0 Å². The molecule has 1 aliphatic heterocycles. The summed E-state index contributed by atoms with van der Waals surface area (Å²) in [5, 5.41) is 26.1. The molecule has 0 atom stereocenters. The van der Waals surface area contributed by atoms with Gasteiger partial charge in [-0.25, -0.2) is 5.43 Å². The Morgan fingerprint density at radius 3 is 2.50 bits per heavy atom. The van der Waals surface area contributed by atoms with Crippen LogP contribution in [0, 0.1) is 0 Å². The number of hydrogen-bond donors (Lipinski definition) is 4. The third kappa shape index (κ3) is 5.16. The zero-order valence-electron chi connectivity index (χ0n) is 18.1. The van der Waals surface area contributed by atoms with Crippen LogP contribution in [0.5, 0.6) is 23.0 Å². The highest BCUT2D eigenvalue weighted by Crippen LogP contribution is 2.33. The fourth-order valence-corrected chi connectivity index (χ4v) is 3.19. The number of fused-ring (bicyclic) bond motifs is 1. The van der Waals surface area contributed by atoms with Crippen molar-refractivity contribution in [2.24, 2.45) is 5.10 Å². The maximum absolute atomic E-state index is 13.0. The SMILES string of the molecule is C/C(=N\NC(=O)C(=Cc1ccc2c(c1)OCO2)NC(=O)c1ccccc1)c1ccc(O)cc1O. The van der Waals surface area contributed by atoms with Crippen LogP contribution in [0.15, 0.2) is 77.5 Å². The van der Waals surface area contributed by atoms with E-state index >= 15 is 0 Å². The maximum atomic E-state index is 13.0. The summed E-state index contributed by atoms with van der Waals surface area (Å²) in [5.41, 5.74) is 3.93. The fraction of sp³-hybridized carbons (Fsp3) is 0.0800. The summed E-state index contributed by atoms with van der Waals surface area (Å²) in [5.74, 6) is -0.330. The Balaban J connectivity index is 1.60. The predicted octanol–water partition coefficient (Wildman–Crippen LogP) is 3.14. The number of nitrogens with zero attached hydrogens (tertiary/aromatic N) is 1. The van der Waals surface area contributed by atoms with E-state index < -0.39 is 11.8 Å². The van der Waals surface area contributed by atoms with Crippen molar-refractivity contribution in [3.05, 3.63) is 89.1 Å². The number of nitrogens with one attached hydrogen (secondary N) is 2. The Kier molecular flexibility index (Phi) is 6.45. The van der Waals surface area contributed by atoms with Crippen molar-refractivity contribution >= 4 is 23.6 Å². The first kappa shape index (κ1) is 22.4. The van der Waals surface area contributed by atoms with Gasteiger partial charge >= 0.3 is 0 Å². The zero-order chi connectivity index (χ0) is 24.1. The monoisotopic (exact) mass is 459 g/mol. The van der Waals surface area contributed by atoms with Crippen molar-refractivity contribution in [2.75, 3.05) is 6.79 Å². The Morgan fingerprint density at radius 2 is 1.74 bits per heavy atom. The Bertz CT molecular complexity index is 1300. The molecule has 0 spiro atoms. The van der Waals surface area contributed by atoms with E-state index in [9.17, 15) is 19.8 Å². The van der Waals surface area contributed by atoms with Crippen LogP contribution in [-0.4, -0.2) is 34.5 Å². The molecular weight excluding hydrogens is 438 g/mol. The first-order valence-corrected chi connectivity index (χ1v) is 10.3. The standard InChI is InChI=1S/C25H21N3O6/c1-15(19-9-8-18(29)13-21(19)30)27-28-25(32)20(26-24(31)17-5-3-2-4-6-17)11-16-7-10-22-23(12-16)34-14-33-22/h2-13,29-30H,14H2,1H3,(H,26,31)(H,28,32)/b20-11?,27-15+. The summed E-state index contributed by atoms with van der Waals surface area (Å²) in [6.07, 6.45) is 1.49. The van der Waals surface area contributed by atoms with Gasteiger partial charge in [0.1, 0.15) is 17.2 Å². The predicted molar refractivity (Wildman–Crippen MR) is 125 cm³/mol. The van der Waals surface area contributed by atoms with Gasteiger partial charge in [0, 0.05) is 17.2 Å². The third-order valence-corrected chi connectivity index (χ3v) is 4.93. The smallest absolute Gasteiger partial charge is 0.287 e. The van der Waals surface area contributed by atoms with Gasteiger partial charge in [-0.3, -0.25) is 9.59 Å². The molecule has 0 aromatic heterocycles. The minimum atomic E-state index is -0.681. The number of hydrazone groups is 1. The minimum Gasteiger partial charge on any atom is -0.508 e. The van der Waals surface area contributed by atoms with Gasteiger partial charge in [0.25, 0.3) is 11.8 Å². The lowest BCUT2D eigenvalue weighted by molar-refractivity contribution is -0.117. The van der Waals surface area contributed by atoms with E-state index in [0.29, 0.717) is 33.9 Å². The number of hydrogen-bond acceptors (Lipinski definition) is 7. The molecule has 0 unspecified atom stereocenters. The number of phenolic OH excluding ortho intramolecular Hbond substituents is 2. The van der Waals surface area contributed by atoms with Crippen molar-refractivity contribution in [3.63, 3.8) is 0 Å². The Labute approximate surface area is 195 Å². The van der Waals surface area contributed by atoms with Crippen LogP contribution in [0.25, 0.3) is 6.08 Å². The number of amides is 2. The molecule has 0 fully saturated rings. The summed E-state index contributed by atoms with van der Waals surface area (Å²) in [7, 11) is 0. The zero-order valence-corrected chi connectivity index (χ0v) is 18.1. The highest BCUT2D eigenvalue weighted by atomic mass is 16.7. The molecule has 4 N–H and O–H groups in total. The van der Waals surface area contributed by atoms with Gasteiger partial charge in [-0.05, 0) is 55.0 Å². The van der Waals surface area contributed by atoms with Gasteiger partial charge in [0.05, 0.1) is 5.71 Å². The van der Waals surface area contributed by atoms with E-state index in [1.54, 1.807) is 55.5 Å². The highest BCUT2D eigenvalue weighted by Gasteiger charge is 2.17. The molecule has 34 heavy (non-hydrogen) atoms. The number of rotatable bonds is 6. The average Bonchev–Trinajstić information content (AvgIpc) is 3.30. The number of carbonyl (C=O) groups excluding carboxylic acids is 2. The molecule has 0 bridgehead atoms. The van der Waals surface area contributed by atoms with Gasteiger partial charge in [0.2, 0.25) is 6.79 Å². The summed E-state index contributed by atoms with van der Waals surface area (Å²) >= 11 is 0. The van der Waals surface area contributed by atoms with E-state index in [0.717, 1.165) is 0 Å². The van der Waals surface area contributed by atoms with Crippen LogP contribution >= 0.6 is 0 Å². The molecule has 0 aliphatic carbocycles. The second kappa shape index (κ2) is 9.78. The highest BCUT2D eigenvalue weighted by molar-refractivity contribution is 6.06. The minimum absolute atomic E-state index is 0.0563. The van der Waals surface area contributed by atoms with E-state index in [2.05, 4.69) is 15.8 Å². The molecule has 2 amide bonds. The molecule has 0 saturated carbocycles. The van der Waals surface area contributed by atoms with Crippen molar-refractivity contribution in [2.45, 2.75) is 6.92 Å². The van der Waals surface area contributed by atoms with E-state index in [4.69, 9.17) is 9.47 Å². The van der Waals surface area contributed by atoms with Crippen LogP contribution < -0.4 is 20.2 Å². The third-order valence-electron chi connectivity index (χ3n) is 4.93. The summed E-state index contributed by atoms with van der Waals surface area (Å²) < 4.78 is 10.7. The summed E-state index contributed by atoms with van der Waals surface area (Å²) in [6.45, 7) is 1.69. The summed E-state index contributed by atoms with van der Waals surface area (Å²) in [6, 6.07) is 17.6. The number of phenols is 2. The number of carbonyl (C=O) groups is 2. The van der Waals surface area contributed by atoms with Gasteiger partial charge in [-0.1, -0.05) is 24.3 Å². The first-order valence-electron chi connectivity index (χ1n) is 10.3. The topological polar surface area (TPSA) is 129 Å². The van der Waals surface area contributed by atoms with Gasteiger partial charge in [0.15, 0.2) is 11.5 Å². The molecule has 0 saturated heterocycles. The van der Waals surface area contributed by atoms with E-state index in [-0.39, 0.29) is 24.0 Å². The molecule has 1 heterocycles. The molecule has 172 valence electrons. The van der Waals surface area contributed by atoms with E-state index in [1.807, 2.05) is 0 Å². The molecule has 9 nitrogen and oxygen atoms in total. The molecule has 3 aromatic rings. The van der Waals surface area contributed by atoms with E-state index in [1.165, 1.54) is 24.3 Å². The molecule has 4 rings (SSSR count). The Hall–Kier alpha value is -4.79. The lowest BCUT2D eigenvalue weighted by atomic mass is 10.1. The fourth-order valence-electron chi connectivity index (χ4n) is 3.19. The largest absolute Gasteiger partial charge is 0.508 e. The first-order chi connectivity index (χ1) is 16.4. The maximum Gasteiger partial charge on any atom is 0.287 e. The molecular formula is C25H21N3O6. The van der Waals surface area contributed by atoms with Crippen LogP contribution in [-0.2, 0) is 4.79 Å². The van der Waals surface area contributed by atoms with Gasteiger partial charge in [-0.2, -0.15) is 5.10 Å².